The van der Waals surface area contributed by atoms with Crippen LogP contribution in [0.15, 0.2) is 24.3 Å². The van der Waals surface area contributed by atoms with Crippen LogP contribution in [0, 0.1) is 11.8 Å². The lowest BCUT2D eigenvalue weighted by molar-refractivity contribution is -0.00378. The van der Waals surface area contributed by atoms with Crippen LogP contribution in [-0.2, 0) is 0 Å². The molecule has 2 bridgehead atoms. The first kappa shape index (κ1) is 14.7. The number of nitrogens with zero attached hydrogens (tertiary/aromatic N) is 1. The number of methoxy groups -OCH3 is 1. The van der Waals surface area contributed by atoms with Gasteiger partial charge in [-0.25, -0.2) is 4.79 Å². The highest BCUT2D eigenvalue weighted by Gasteiger charge is 2.48. The molecule has 0 radical (unpaired) electrons. The Morgan fingerprint density at radius 2 is 2.05 bits per heavy atom. The molecule has 2 fully saturated rings. The average molecular weight is 301 g/mol. The molecule has 0 spiro atoms. The van der Waals surface area contributed by atoms with Gasteiger partial charge >= 0.3 is 6.09 Å². The maximum Gasteiger partial charge on any atom is 0.407 e. The van der Waals surface area contributed by atoms with Crippen molar-refractivity contribution in [2.45, 2.75) is 43.4 Å². The third-order valence-electron chi connectivity index (χ3n) is 4.50. The smallest absolute Gasteiger partial charge is 0.407 e. The van der Waals surface area contributed by atoms with Gasteiger partial charge in [0.1, 0.15) is 11.4 Å². The van der Waals surface area contributed by atoms with Crippen LogP contribution >= 0.6 is 0 Å². The predicted molar refractivity (Wildman–Crippen MR) is 80.7 cm³/mol. The molecule has 2 aliphatic rings. The van der Waals surface area contributed by atoms with E-state index in [0.717, 1.165) is 24.2 Å². The van der Waals surface area contributed by atoms with E-state index in [4.69, 9.17) is 4.74 Å². The lowest BCUT2D eigenvalue weighted by atomic mass is 9.86. The molecule has 0 aromatic heterocycles. The number of amides is 1. The zero-order valence-corrected chi connectivity index (χ0v) is 12.5. The standard InChI is InChI=1S/C17H19NO4/c1-22-15-4-2-3-12(9-15)7-8-17(21)10-13-5-6-14(11-17)18(13)16(19)20/h2-4,9,13-14,21H,5-6,10-11H2,1H3,(H,19,20). The van der Waals surface area contributed by atoms with Crippen LogP contribution in [0.4, 0.5) is 4.79 Å². The fraction of sp³-hybridized carbons (Fsp3) is 0.471. The minimum Gasteiger partial charge on any atom is -0.497 e. The van der Waals surface area contributed by atoms with Crippen LogP contribution in [0.3, 0.4) is 0 Å². The molecule has 2 unspecified atom stereocenters. The van der Waals surface area contributed by atoms with Crippen molar-refractivity contribution in [1.29, 1.82) is 0 Å². The number of rotatable bonds is 1. The zero-order valence-electron chi connectivity index (χ0n) is 12.5. The Morgan fingerprint density at radius 1 is 1.36 bits per heavy atom. The third-order valence-corrected chi connectivity index (χ3v) is 4.50. The molecule has 22 heavy (non-hydrogen) atoms. The van der Waals surface area contributed by atoms with Crippen molar-refractivity contribution in [3.05, 3.63) is 29.8 Å². The number of benzene rings is 1. The quantitative estimate of drug-likeness (QED) is 0.779. The molecule has 1 aromatic rings. The molecule has 116 valence electrons. The minimum atomic E-state index is -1.11. The Labute approximate surface area is 129 Å². The number of hydrogen-bond donors (Lipinski definition) is 2. The van der Waals surface area contributed by atoms with E-state index >= 15 is 0 Å². The second kappa shape index (κ2) is 5.54. The summed E-state index contributed by atoms with van der Waals surface area (Å²) in [5, 5.41) is 20.0. The Balaban J connectivity index is 1.79. The van der Waals surface area contributed by atoms with E-state index in [1.54, 1.807) is 7.11 Å². The second-order valence-corrected chi connectivity index (χ2v) is 6.00. The van der Waals surface area contributed by atoms with Crippen LogP contribution in [-0.4, -0.2) is 46.0 Å². The molecule has 5 nitrogen and oxygen atoms in total. The number of fused-ring (bicyclic) bond motifs is 2. The van der Waals surface area contributed by atoms with E-state index < -0.39 is 11.7 Å². The normalized spacial score (nSPS) is 29.6. The van der Waals surface area contributed by atoms with Crippen LogP contribution in [0.5, 0.6) is 5.75 Å². The van der Waals surface area contributed by atoms with Crippen molar-refractivity contribution in [1.82, 2.24) is 4.90 Å². The Bertz CT molecular complexity index is 632. The summed E-state index contributed by atoms with van der Waals surface area (Å²) >= 11 is 0. The summed E-state index contributed by atoms with van der Waals surface area (Å²) < 4.78 is 5.15. The maximum atomic E-state index is 11.3. The summed E-state index contributed by atoms with van der Waals surface area (Å²) in [6.45, 7) is 0. The number of hydrogen-bond acceptors (Lipinski definition) is 3. The summed E-state index contributed by atoms with van der Waals surface area (Å²) in [6, 6.07) is 7.12. The van der Waals surface area contributed by atoms with Gasteiger partial charge in [-0.2, -0.15) is 0 Å². The number of carboxylic acid groups (broad SMARTS) is 1. The molecule has 2 atom stereocenters. The number of carbonyl (C=O) groups is 1. The summed E-state index contributed by atoms with van der Waals surface area (Å²) in [5.41, 5.74) is -0.332. The first-order chi connectivity index (χ1) is 10.5. The predicted octanol–water partition coefficient (Wildman–Crippen LogP) is 2.08. The number of piperidine rings is 1. The highest BCUT2D eigenvalue weighted by molar-refractivity contribution is 5.67. The number of aliphatic hydroxyl groups is 1. The molecule has 2 N–H and O–H groups in total. The van der Waals surface area contributed by atoms with E-state index in [0.29, 0.717) is 12.8 Å². The van der Waals surface area contributed by atoms with E-state index in [-0.39, 0.29) is 12.1 Å². The van der Waals surface area contributed by atoms with Gasteiger partial charge in [0.15, 0.2) is 0 Å². The Hall–Kier alpha value is -2.19. The highest BCUT2D eigenvalue weighted by Crippen LogP contribution is 2.40. The molecular formula is C17H19NO4. The molecular weight excluding hydrogens is 282 g/mol. The van der Waals surface area contributed by atoms with Crippen molar-refractivity contribution in [3.63, 3.8) is 0 Å². The van der Waals surface area contributed by atoms with E-state index in [2.05, 4.69) is 11.8 Å². The van der Waals surface area contributed by atoms with Gasteiger partial charge in [-0.15, -0.1) is 0 Å². The van der Waals surface area contributed by atoms with Gasteiger partial charge in [-0.3, -0.25) is 0 Å². The molecule has 0 aliphatic carbocycles. The van der Waals surface area contributed by atoms with Crippen molar-refractivity contribution in [2.75, 3.05) is 7.11 Å². The largest absolute Gasteiger partial charge is 0.497 e. The molecule has 0 saturated carbocycles. The first-order valence-corrected chi connectivity index (χ1v) is 7.42. The minimum absolute atomic E-state index is 0.124. The molecule has 1 amide bonds. The van der Waals surface area contributed by atoms with E-state index in [1.165, 1.54) is 4.90 Å². The van der Waals surface area contributed by atoms with Crippen LogP contribution in [0.2, 0.25) is 0 Å². The van der Waals surface area contributed by atoms with Crippen molar-refractivity contribution >= 4 is 6.09 Å². The maximum absolute atomic E-state index is 11.3. The zero-order chi connectivity index (χ0) is 15.7. The van der Waals surface area contributed by atoms with Gasteiger partial charge in [0.05, 0.1) is 7.11 Å². The number of ether oxygens (including phenoxy) is 1. The van der Waals surface area contributed by atoms with Gasteiger partial charge in [0.2, 0.25) is 0 Å². The summed E-state index contributed by atoms with van der Waals surface area (Å²) in [7, 11) is 1.60. The molecule has 2 heterocycles. The SMILES string of the molecule is COc1cccc(C#CC2(O)CC3CCC(C2)N3C(=O)O)c1. The van der Waals surface area contributed by atoms with E-state index in [9.17, 15) is 15.0 Å². The van der Waals surface area contributed by atoms with Crippen LogP contribution in [0.25, 0.3) is 0 Å². The highest BCUT2D eigenvalue weighted by atomic mass is 16.5. The summed E-state index contributed by atoms with van der Waals surface area (Å²) in [4.78, 5) is 12.8. The molecule has 1 aromatic carbocycles. The van der Waals surface area contributed by atoms with Gasteiger partial charge in [-0.1, -0.05) is 17.9 Å². The molecule has 5 heteroatoms. The lowest BCUT2D eigenvalue weighted by Crippen LogP contribution is -2.52. The monoisotopic (exact) mass is 301 g/mol. The van der Waals surface area contributed by atoms with Gasteiger partial charge in [-0.05, 0) is 31.0 Å². The average Bonchev–Trinajstić information content (AvgIpc) is 2.79. The van der Waals surface area contributed by atoms with Crippen molar-refractivity contribution in [3.8, 4) is 17.6 Å². The third kappa shape index (κ3) is 2.75. The fourth-order valence-electron chi connectivity index (χ4n) is 3.53. The van der Waals surface area contributed by atoms with Gasteiger partial charge in [0, 0.05) is 30.5 Å². The Morgan fingerprint density at radius 3 is 2.64 bits per heavy atom. The lowest BCUT2D eigenvalue weighted by Gasteiger charge is -2.39. The summed E-state index contributed by atoms with van der Waals surface area (Å²) in [5.74, 6) is 6.67. The van der Waals surface area contributed by atoms with E-state index in [1.807, 2.05) is 24.3 Å². The van der Waals surface area contributed by atoms with Crippen molar-refractivity contribution in [2.24, 2.45) is 0 Å². The van der Waals surface area contributed by atoms with Crippen LogP contribution in [0.1, 0.15) is 31.2 Å². The van der Waals surface area contributed by atoms with Crippen molar-refractivity contribution < 1.29 is 19.7 Å². The topological polar surface area (TPSA) is 70.0 Å². The molecule has 2 saturated heterocycles. The fourth-order valence-corrected chi connectivity index (χ4v) is 3.53. The van der Waals surface area contributed by atoms with Gasteiger partial charge < -0.3 is 19.8 Å². The second-order valence-electron chi connectivity index (χ2n) is 6.00. The summed E-state index contributed by atoms with van der Waals surface area (Å²) in [6.07, 6.45) is 1.48. The van der Waals surface area contributed by atoms with Crippen LogP contribution < -0.4 is 4.74 Å². The molecule has 2 aliphatic heterocycles. The van der Waals surface area contributed by atoms with Gasteiger partial charge in [0.25, 0.3) is 0 Å². The first-order valence-electron chi connectivity index (χ1n) is 7.42. The Kier molecular flexibility index (Phi) is 3.71. The molecule has 3 rings (SSSR count).